The number of carbonyl (C=O) groups is 2. The van der Waals surface area contributed by atoms with Gasteiger partial charge in [0.15, 0.2) is 5.78 Å². The van der Waals surface area contributed by atoms with E-state index in [0.717, 1.165) is 22.2 Å². The molecular weight excluding hydrogens is 288 g/mol. The quantitative estimate of drug-likeness (QED) is 0.708. The highest BCUT2D eigenvalue weighted by Gasteiger charge is 2.14. The molecule has 2 aromatic heterocycles. The molecule has 6 heteroatoms. The predicted octanol–water partition coefficient (Wildman–Crippen LogP) is 3.34. The number of aromatic amines is 1. The zero-order chi connectivity index (χ0) is 14.8. The van der Waals surface area contributed by atoms with Crippen LogP contribution in [0.3, 0.4) is 0 Å². The maximum atomic E-state index is 11.9. The van der Waals surface area contributed by atoms with Gasteiger partial charge in [-0.25, -0.2) is 0 Å². The van der Waals surface area contributed by atoms with Crippen molar-refractivity contribution in [3.63, 3.8) is 0 Å². The van der Waals surface area contributed by atoms with Crippen LogP contribution in [-0.2, 0) is 4.79 Å². The molecule has 0 bridgehead atoms. The Hall–Kier alpha value is -2.47. The summed E-state index contributed by atoms with van der Waals surface area (Å²) in [6.07, 6.45) is -0.117. The molecule has 0 fully saturated rings. The number of carbonyl (C=O) groups excluding carboxylic acids is 1. The number of aromatic nitrogens is 2. The Bertz CT molecular complexity index is 819. The molecule has 0 aliphatic carbocycles. The van der Waals surface area contributed by atoms with Crippen LogP contribution in [0.5, 0.6) is 0 Å². The fourth-order valence-electron chi connectivity index (χ4n) is 2.13. The molecule has 0 amide bonds. The maximum absolute atomic E-state index is 11.9. The molecule has 0 atom stereocenters. The standard InChI is InChI=1S/C15H12N2O3S/c18-12(5-6-14(19)20)13-7-9(8-21-13)15-10-3-1-2-4-11(10)16-17-15/h1-4,7-8H,5-6H2,(H,16,17)(H,19,20). The van der Waals surface area contributed by atoms with Crippen molar-refractivity contribution >= 4 is 34.0 Å². The molecule has 3 rings (SSSR count). The average molecular weight is 300 g/mol. The first-order chi connectivity index (χ1) is 10.1. The minimum atomic E-state index is -0.960. The van der Waals surface area contributed by atoms with E-state index in [0.29, 0.717) is 4.88 Å². The van der Waals surface area contributed by atoms with Gasteiger partial charge in [0, 0.05) is 22.8 Å². The second-order valence-corrected chi connectivity index (χ2v) is 5.55. The number of carboxylic acids is 1. The molecule has 0 spiro atoms. The van der Waals surface area contributed by atoms with Gasteiger partial charge in [-0.2, -0.15) is 5.10 Å². The Kier molecular flexibility index (Phi) is 3.53. The van der Waals surface area contributed by atoms with Gasteiger partial charge in [0.1, 0.15) is 5.69 Å². The normalized spacial score (nSPS) is 10.9. The molecule has 2 heterocycles. The van der Waals surface area contributed by atoms with Crippen molar-refractivity contribution in [2.75, 3.05) is 0 Å². The van der Waals surface area contributed by atoms with Gasteiger partial charge in [-0.3, -0.25) is 14.7 Å². The van der Waals surface area contributed by atoms with Crippen LogP contribution in [-0.4, -0.2) is 27.1 Å². The fraction of sp³-hybridized carbons (Fsp3) is 0.133. The number of hydrogen-bond acceptors (Lipinski definition) is 4. The summed E-state index contributed by atoms with van der Waals surface area (Å²) in [5, 5.41) is 18.7. The summed E-state index contributed by atoms with van der Waals surface area (Å²) in [6, 6.07) is 9.55. The zero-order valence-electron chi connectivity index (χ0n) is 11.0. The highest BCUT2D eigenvalue weighted by Crippen LogP contribution is 2.30. The molecule has 3 aromatic rings. The van der Waals surface area contributed by atoms with Gasteiger partial charge in [0.05, 0.1) is 16.8 Å². The number of benzene rings is 1. The number of nitrogens with zero attached hydrogens (tertiary/aromatic N) is 1. The summed E-state index contributed by atoms with van der Waals surface area (Å²) in [7, 11) is 0. The van der Waals surface area contributed by atoms with E-state index in [9.17, 15) is 9.59 Å². The fourth-order valence-corrected chi connectivity index (χ4v) is 3.00. The number of Topliss-reactive ketones (excluding diaryl/α,β-unsaturated/α-hetero) is 1. The number of aliphatic carboxylic acids is 1. The zero-order valence-corrected chi connectivity index (χ0v) is 11.8. The van der Waals surface area contributed by atoms with Gasteiger partial charge in [-0.1, -0.05) is 18.2 Å². The van der Waals surface area contributed by atoms with E-state index in [1.54, 1.807) is 6.07 Å². The molecule has 2 N–H and O–H groups in total. The van der Waals surface area contributed by atoms with Crippen molar-refractivity contribution in [2.24, 2.45) is 0 Å². The summed E-state index contributed by atoms with van der Waals surface area (Å²) < 4.78 is 0. The van der Waals surface area contributed by atoms with E-state index in [-0.39, 0.29) is 18.6 Å². The molecule has 0 saturated heterocycles. The van der Waals surface area contributed by atoms with E-state index in [2.05, 4.69) is 10.2 Å². The number of hydrogen-bond donors (Lipinski definition) is 2. The van der Waals surface area contributed by atoms with Crippen molar-refractivity contribution in [2.45, 2.75) is 12.8 Å². The molecule has 0 unspecified atom stereocenters. The summed E-state index contributed by atoms with van der Waals surface area (Å²) in [4.78, 5) is 23.0. The van der Waals surface area contributed by atoms with Crippen LogP contribution in [0.2, 0.25) is 0 Å². The first kappa shape index (κ1) is 13.5. The third-order valence-electron chi connectivity index (χ3n) is 3.18. The first-order valence-corrected chi connectivity index (χ1v) is 7.30. The van der Waals surface area contributed by atoms with Crippen LogP contribution in [0.4, 0.5) is 0 Å². The van der Waals surface area contributed by atoms with Gasteiger partial charge >= 0.3 is 5.97 Å². The minimum Gasteiger partial charge on any atom is -0.481 e. The smallest absolute Gasteiger partial charge is 0.303 e. The van der Waals surface area contributed by atoms with Gasteiger partial charge < -0.3 is 5.11 Å². The monoisotopic (exact) mass is 300 g/mol. The molecule has 1 aromatic carbocycles. The Morgan fingerprint density at radius 2 is 2.05 bits per heavy atom. The van der Waals surface area contributed by atoms with Crippen LogP contribution in [0.15, 0.2) is 35.7 Å². The van der Waals surface area contributed by atoms with Crippen molar-refractivity contribution < 1.29 is 14.7 Å². The molecule has 0 radical (unpaired) electrons. The lowest BCUT2D eigenvalue weighted by Crippen LogP contribution is -2.01. The van der Waals surface area contributed by atoms with Crippen LogP contribution in [0, 0.1) is 0 Å². The molecule has 5 nitrogen and oxygen atoms in total. The van der Waals surface area contributed by atoms with Crippen LogP contribution < -0.4 is 0 Å². The Morgan fingerprint density at radius 3 is 2.86 bits per heavy atom. The van der Waals surface area contributed by atoms with E-state index < -0.39 is 5.97 Å². The number of rotatable bonds is 5. The first-order valence-electron chi connectivity index (χ1n) is 6.42. The second-order valence-electron chi connectivity index (χ2n) is 4.63. The summed E-state index contributed by atoms with van der Waals surface area (Å²) in [5.74, 6) is -1.10. The largest absolute Gasteiger partial charge is 0.481 e. The summed E-state index contributed by atoms with van der Waals surface area (Å²) >= 11 is 1.32. The van der Waals surface area contributed by atoms with Crippen LogP contribution in [0.25, 0.3) is 22.2 Å². The van der Waals surface area contributed by atoms with E-state index in [1.807, 2.05) is 29.6 Å². The summed E-state index contributed by atoms with van der Waals surface area (Å²) in [5.41, 5.74) is 2.62. The SMILES string of the molecule is O=C(O)CCC(=O)c1cc(-c2n[nH]c3ccccc23)cs1. The highest BCUT2D eigenvalue weighted by molar-refractivity contribution is 7.12. The lowest BCUT2D eigenvalue weighted by Gasteiger charge is -1.94. The molecule has 21 heavy (non-hydrogen) atoms. The second kappa shape index (κ2) is 5.49. The van der Waals surface area contributed by atoms with Gasteiger partial charge in [-0.15, -0.1) is 11.3 Å². The molecule has 0 aliphatic heterocycles. The third kappa shape index (κ3) is 2.71. The van der Waals surface area contributed by atoms with E-state index in [1.165, 1.54) is 11.3 Å². The number of thiophene rings is 1. The number of ketones is 1. The highest BCUT2D eigenvalue weighted by atomic mass is 32.1. The molecule has 0 aliphatic rings. The lowest BCUT2D eigenvalue weighted by atomic mass is 10.1. The predicted molar refractivity (Wildman–Crippen MR) is 80.6 cm³/mol. The number of nitrogens with one attached hydrogen (secondary N) is 1. The minimum absolute atomic E-state index is 0.0244. The molecule has 0 saturated carbocycles. The third-order valence-corrected chi connectivity index (χ3v) is 4.16. The van der Waals surface area contributed by atoms with Gasteiger partial charge in [0.2, 0.25) is 0 Å². The molecule has 106 valence electrons. The Balaban J connectivity index is 1.88. The maximum Gasteiger partial charge on any atom is 0.303 e. The van der Waals surface area contributed by atoms with E-state index >= 15 is 0 Å². The topological polar surface area (TPSA) is 83.0 Å². The van der Waals surface area contributed by atoms with Crippen molar-refractivity contribution in [1.82, 2.24) is 10.2 Å². The van der Waals surface area contributed by atoms with Crippen molar-refractivity contribution in [1.29, 1.82) is 0 Å². The van der Waals surface area contributed by atoms with Crippen LogP contribution in [0.1, 0.15) is 22.5 Å². The van der Waals surface area contributed by atoms with Gasteiger partial charge in [-0.05, 0) is 12.1 Å². The van der Waals surface area contributed by atoms with Gasteiger partial charge in [0.25, 0.3) is 0 Å². The summed E-state index contributed by atoms with van der Waals surface area (Å²) in [6.45, 7) is 0. The molecular formula is C15H12N2O3S. The van der Waals surface area contributed by atoms with Crippen molar-refractivity contribution in [3.8, 4) is 11.3 Å². The van der Waals surface area contributed by atoms with E-state index in [4.69, 9.17) is 5.11 Å². The Labute approximate surface area is 124 Å². The van der Waals surface area contributed by atoms with Crippen LogP contribution >= 0.6 is 11.3 Å². The Morgan fingerprint density at radius 1 is 1.24 bits per heavy atom. The number of para-hydroxylation sites is 1. The van der Waals surface area contributed by atoms with Crippen molar-refractivity contribution in [3.05, 3.63) is 40.6 Å². The lowest BCUT2D eigenvalue weighted by molar-refractivity contribution is -0.136. The average Bonchev–Trinajstić information content (AvgIpc) is 3.10. The number of fused-ring (bicyclic) bond motifs is 1. The number of carboxylic acid groups (broad SMARTS) is 1. The number of H-pyrrole nitrogens is 1.